The minimum absolute atomic E-state index is 0.327. The molecule has 2 amide bonds. The molecule has 16 heavy (non-hydrogen) atoms. The van der Waals surface area contributed by atoms with Crippen LogP contribution in [0, 0.1) is 5.41 Å². The van der Waals surface area contributed by atoms with Crippen molar-refractivity contribution in [2.45, 2.75) is 19.3 Å². The summed E-state index contributed by atoms with van der Waals surface area (Å²) in [5.41, 5.74) is 11.6. The number of hydrogen-bond acceptors (Lipinski definition) is 2. The molecule has 4 nitrogen and oxygen atoms in total. The van der Waals surface area contributed by atoms with E-state index < -0.39 is 17.2 Å². The third kappa shape index (κ3) is 1.46. The fourth-order valence-electron chi connectivity index (χ4n) is 2.28. The fraction of sp³-hybridized carbons (Fsp3) is 0.333. The van der Waals surface area contributed by atoms with Crippen LogP contribution in [0.3, 0.4) is 0 Å². The van der Waals surface area contributed by atoms with Crippen molar-refractivity contribution in [2.24, 2.45) is 16.9 Å². The molecule has 0 radical (unpaired) electrons. The molecule has 2 rings (SSSR count). The largest absolute Gasteiger partial charge is 0.369 e. The molecule has 0 aliphatic heterocycles. The predicted molar refractivity (Wildman–Crippen MR) is 59.3 cm³/mol. The summed E-state index contributed by atoms with van der Waals surface area (Å²) < 4.78 is 0. The summed E-state index contributed by atoms with van der Waals surface area (Å²) >= 11 is 0. The average molecular weight is 218 g/mol. The molecule has 0 saturated heterocycles. The van der Waals surface area contributed by atoms with Crippen molar-refractivity contribution in [1.29, 1.82) is 0 Å². The van der Waals surface area contributed by atoms with E-state index >= 15 is 0 Å². The van der Waals surface area contributed by atoms with E-state index in [1.165, 1.54) is 5.56 Å². The molecule has 0 saturated carbocycles. The zero-order valence-corrected chi connectivity index (χ0v) is 8.90. The van der Waals surface area contributed by atoms with Crippen molar-refractivity contribution < 1.29 is 9.59 Å². The van der Waals surface area contributed by atoms with Gasteiger partial charge in [0.2, 0.25) is 11.8 Å². The van der Waals surface area contributed by atoms with E-state index in [0.29, 0.717) is 19.3 Å². The summed E-state index contributed by atoms with van der Waals surface area (Å²) in [6.45, 7) is 0. The first-order valence-electron chi connectivity index (χ1n) is 5.23. The van der Waals surface area contributed by atoms with Gasteiger partial charge in [-0.1, -0.05) is 24.3 Å². The van der Waals surface area contributed by atoms with Crippen molar-refractivity contribution in [2.75, 3.05) is 0 Å². The zero-order valence-electron chi connectivity index (χ0n) is 8.90. The van der Waals surface area contributed by atoms with Gasteiger partial charge in [0.1, 0.15) is 5.41 Å². The van der Waals surface area contributed by atoms with Gasteiger partial charge in [0.05, 0.1) is 0 Å². The van der Waals surface area contributed by atoms with Crippen molar-refractivity contribution in [3.8, 4) is 0 Å². The van der Waals surface area contributed by atoms with Gasteiger partial charge in [-0.05, 0) is 30.4 Å². The van der Waals surface area contributed by atoms with Crippen LogP contribution in [-0.4, -0.2) is 11.8 Å². The Hall–Kier alpha value is -1.84. The molecule has 4 N–H and O–H groups in total. The van der Waals surface area contributed by atoms with E-state index in [4.69, 9.17) is 11.5 Å². The second-order valence-corrected chi connectivity index (χ2v) is 4.26. The Kier molecular flexibility index (Phi) is 2.42. The molecule has 0 atom stereocenters. The summed E-state index contributed by atoms with van der Waals surface area (Å²) in [5.74, 6) is -1.23. The van der Waals surface area contributed by atoms with Crippen molar-refractivity contribution in [1.82, 2.24) is 0 Å². The third-order valence-electron chi connectivity index (χ3n) is 3.38. The number of nitrogens with two attached hydrogens (primary N) is 2. The van der Waals surface area contributed by atoms with Crippen LogP contribution in [0.4, 0.5) is 0 Å². The highest BCUT2D eigenvalue weighted by atomic mass is 16.2. The highest BCUT2D eigenvalue weighted by molar-refractivity contribution is 6.04. The van der Waals surface area contributed by atoms with Gasteiger partial charge >= 0.3 is 0 Å². The normalized spacial score (nSPS) is 17.5. The van der Waals surface area contributed by atoms with E-state index in [1.54, 1.807) is 0 Å². The Morgan fingerprint density at radius 2 is 1.62 bits per heavy atom. The number of rotatable bonds is 2. The molecule has 0 unspecified atom stereocenters. The molecule has 0 heterocycles. The van der Waals surface area contributed by atoms with Gasteiger partial charge < -0.3 is 11.5 Å². The van der Waals surface area contributed by atoms with Gasteiger partial charge in [-0.25, -0.2) is 0 Å². The third-order valence-corrected chi connectivity index (χ3v) is 3.38. The first kappa shape index (κ1) is 10.7. The standard InChI is InChI=1S/C12H14N2O2/c13-10(15)12(11(14)16)6-5-8-3-1-2-4-9(8)7-12/h1-4H,5-7H2,(H2,13,15)(H2,14,16). The summed E-state index contributed by atoms with van der Waals surface area (Å²) in [6, 6.07) is 7.74. The van der Waals surface area contributed by atoms with E-state index in [9.17, 15) is 9.59 Å². The SMILES string of the molecule is NC(=O)C1(C(N)=O)CCc2ccccc2C1. The summed E-state index contributed by atoms with van der Waals surface area (Å²) in [4.78, 5) is 22.9. The second-order valence-electron chi connectivity index (χ2n) is 4.26. The number of amides is 2. The highest BCUT2D eigenvalue weighted by Crippen LogP contribution is 2.35. The van der Waals surface area contributed by atoms with Crippen LogP contribution >= 0.6 is 0 Å². The maximum atomic E-state index is 11.4. The van der Waals surface area contributed by atoms with Crippen LogP contribution in [0.15, 0.2) is 24.3 Å². The Morgan fingerprint density at radius 3 is 2.19 bits per heavy atom. The smallest absolute Gasteiger partial charge is 0.233 e. The number of carbonyl (C=O) groups is 2. The summed E-state index contributed by atoms with van der Waals surface area (Å²) in [6.07, 6.45) is 1.41. The Labute approximate surface area is 93.6 Å². The van der Waals surface area contributed by atoms with Crippen molar-refractivity contribution >= 4 is 11.8 Å². The summed E-state index contributed by atoms with van der Waals surface area (Å²) in [5, 5.41) is 0. The molecule has 1 aromatic rings. The van der Waals surface area contributed by atoms with Crippen molar-refractivity contribution in [3.63, 3.8) is 0 Å². The predicted octanol–water partition coefficient (Wildman–Crippen LogP) is 0.132. The lowest BCUT2D eigenvalue weighted by Crippen LogP contribution is -2.51. The average Bonchev–Trinajstić information content (AvgIpc) is 2.27. The topological polar surface area (TPSA) is 86.2 Å². The zero-order chi connectivity index (χ0) is 11.8. The van der Waals surface area contributed by atoms with Gasteiger partial charge in [-0.2, -0.15) is 0 Å². The van der Waals surface area contributed by atoms with E-state index in [2.05, 4.69) is 0 Å². The lowest BCUT2D eigenvalue weighted by Gasteiger charge is -2.32. The molecule has 1 aliphatic carbocycles. The number of primary amides is 2. The van der Waals surface area contributed by atoms with Crippen molar-refractivity contribution in [3.05, 3.63) is 35.4 Å². The quantitative estimate of drug-likeness (QED) is 0.691. The van der Waals surface area contributed by atoms with Crippen LogP contribution < -0.4 is 11.5 Å². The molecule has 4 heteroatoms. The molecule has 84 valence electrons. The van der Waals surface area contributed by atoms with E-state index in [-0.39, 0.29) is 0 Å². The number of hydrogen-bond donors (Lipinski definition) is 2. The van der Waals surface area contributed by atoms with Crippen LogP contribution in [0.25, 0.3) is 0 Å². The number of fused-ring (bicyclic) bond motifs is 1. The maximum Gasteiger partial charge on any atom is 0.233 e. The van der Waals surface area contributed by atoms with E-state index in [1.807, 2.05) is 24.3 Å². The Balaban J connectivity index is 2.43. The molecule has 0 bridgehead atoms. The molecule has 0 spiro atoms. The fourth-order valence-corrected chi connectivity index (χ4v) is 2.28. The molecular weight excluding hydrogens is 204 g/mol. The van der Waals surface area contributed by atoms with Gasteiger partial charge in [-0.15, -0.1) is 0 Å². The van der Waals surface area contributed by atoms with Crippen LogP contribution in [0.1, 0.15) is 17.5 Å². The van der Waals surface area contributed by atoms with Crippen LogP contribution in [0.2, 0.25) is 0 Å². The lowest BCUT2D eigenvalue weighted by molar-refractivity contribution is -0.140. The molecule has 1 aliphatic rings. The number of benzene rings is 1. The number of carbonyl (C=O) groups excluding carboxylic acids is 2. The molecule has 1 aromatic carbocycles. The van der Waals surface area contributed by atoms with Crippen LogP contribution in [0.5, 0.6) is 0 Å². The second kappa shape index (κ2) is 3.63. The Morgan fingerprint density at radius 1 is 1.06 bits per heavy atom. The minimum Gasteiger partial charge on any atom is -0.369 e. The van der Waals surface area contributed by atoms with E-state index in [0.717, 1.165) is 5.56 Å². The molecular formula is C12H14N2O2. The molecule has 0 fully saturated rings. The minimum atomic E-state index is -1.20. The number of aryl methyl sites for hydroxylation is 1. The first-order chi connectivity index (χ1) is 7.56. The van der Waals surface area contributed by atoms with Gasteiger partial charge in [-0.3, -0.25) is 9.59 Å². The monoisotopic (exact) mass is 218 g/mol. The lowest BCUT2D eigenvalue weighted by atomic mass is 9.70. The maximum absolute atomic E-state index is 11.4. The highest BCUT2D eigenvalue weighted by Gasteiger charge is 2.45. The van der Waals surface area contributed by atoms with Gasteiger partial charge in [0, 0.05) is 0 Å². The van der Waals surface area contributed by atoms with Crippen LogP contribution in [-0.2, 0) is 22.4 Å². The first-order valence-corrected chi connectivity index (χ1v) is 5.23. The van der Waals surface area contributed by atoms with Gasteiger partial charge in [0.25, 0.3) is 0 Å². The molecule has 0 aromatic heterocycles. The summed E-state index contributed by atoms with van der Waals surface area (Å²) in [7, 11) is 0. The van der Waals surface area contributed by atoms with Gasteiger partial charge in [0.15, 0.2) is 0 Å². The Bertz CT molecular complexity index is 440.